The average Bonchev–Trinajstić information content (AvgIpc) is 3.10. The van der Waals surface area contributed by atoms with E-state index in [1.165, 1.54) is 12.8 Å². The predicted molar refractivity (Wildman–Crippen MR) is 55.9 cm³/mol. The quantitative estimate of drug-likeness (QED) is 0.754. The van der Waals surface area contributed by atoms with Gasteiger partial charge in [0.25, 0.3) is 0 Å². The highest BCUT2D eigenvalue weighted by Crippen LogP contribution is 2.33. The van der Waals surface area contributed by atoms with Crippen LogP contribution in [-0.4, -0.2) is 13.7 Å². The van der Waals surface area contributed by atoms with Crippen molar-refractivity contribution in [2.24, 2.45) is 5.92 Å². The molecule has 1 aliphatic carbocycles. The second-order valence-corrected chi connectivity index (χ2v) is 3.73. The van der Waals surface area contributed by atoms with Crippen LogP contribution in [0.25, 0.3) is 0 Å². The first kappa shape index (κ1) is 9.85. The van der Waals surface area contributed by atoms with Crippen molar-refractivity contribution in [3.63, 3.8) is 0 Å². The Bertz CT molecular complexity index is 391. The number of hydrogen-bond donors (Lipinski definition) is 0. The molecule has 3 heteroatoms. The fourth-order valence-corrected chi connectivity index (χ4v) is 1.35. The maximum Gasteiger partial charge on any atom is 0.162 e. The third-order valence-electron chi connectivity index (χ3n) is 2.46. The van der Waals surface area contributed by atoms with E-state index in [1.807, 2.05) is 0 Å². The topological polar surface area (TPSA) is 42.2 Å². The Morgan fingerprint density at radius 3 is 2.80 bits per heavy atom. The maximum absolute atomic E-state index is 8.73. The van der Waals surface area contributed by atoms with Crippen LogP contribution in [0.2, 0.25) is 0 Å². The van der Waals surface area contributed by atoms with E-state index < -0.39 is 0 Å². The van der Waals surface area contributed by atoms with Crippen molar-refractivity contribution in [2.75, 3.05) is 13.7 Å². The van der Waals surface area contributed by atoms with E-state index in [0.29, 0.717) is 17.2 Å². The van der Waals surface area contributed by atoms with E-state index in [4.69, 9.17) is 14.7 Å². The third kappa shape index (κ3) is 2.41. The summed E-state index contributed by atoms with van der Waals surface area (Å²) in [5.74, 6) is 2.07. The SMILES string of the molecule is COc1cc(C#N)ccc1OCC1CC1. The van der Waals surface area contributed by atoms with Gasteiger partial charge in [-0.2, -0.15) is 5.26 Å². The first-order valence-corrected chi connectivity index (χ1v) is 5.04. The lowest BCUT2D eigenvalue weighted by molar-refractivity contribution is 0.280. The van der Waals surface area contributed by atoms with E-state index in [1.54, 1.807) is 25.3 Å². The zero-order valence-corrected chi connectivity index (χ0v) is 8.69. The number of nitriles is 1. The summed E-state index contributed by atoms with van der Waals surface area (Å²) in [4.78, 5) is 0. The van der Waals surface area contributed by atoms with Crippen molar-refractivity contribution in [3.8, 4) is 17.6 Å². The highest BCUT2D eigenvalue weighted by atomic mass is 16.5. The summed E-state index contributed by atoms with van der Waals surface area (Å²) in [5, 5.41) is 8.73. The van der Waals surface area contributed by atoms with Crippen LogP contribution in [-0.2, 0) is 0 Å². The summed E-state index contributed by atoms with van der Waals surface area (Å²) in [7, 11) is 1.58. The van der Waals surface area contributed by atoms with Gasteiger partial charge in [-0.1, -0.05) is 0 Å². The molecule has 0 radical (unpaired) electrons. The minimum atomic E-state index is 0.589. The van der Waals surface area contributed by atoms with E-state index in [-0.39, 0.29) is 0 Å². The Morgan fingerprint density at radius 1 is 1.40 bits per heavy atom. The summed E-state index contributed by atoms with van der Waals surface area (Å²) in [6, 6.07) is 7.30. The number of hydrogen-bond acceptors (Lipinski definition) is 3. The molecule has 0 heterocycles. The second-order valence-electron chi connectivity index (χ2n) is 3.73. The monoisotopic (exact) mass is 203 g/mol. The molecule has 1 aromatic carbocycles. The molecule has 0 aliphatic heterocycles. The molecule has 15 heavy (non-hydrogen) atoms. The van der Waals surface area contributed by atoms with E-state index in [0.717, 1.165) is 12.4 Å². The van der Waals surface area contributed by atoms with Gasteiger partial charge in [0.05, 0.1) is 25.3 Å². The average molecular weight is 203 g/mol. The Kier molecular flexibility index (Phi) is 2.77. The number of ether oxygens (including phenoxy) is 2. The minimum absolute atomic E-state index is 0.589. The number of rotatable bonds is 4. The summed E-state index contributed by atoms with van der Waals surface area (Å²) in [6.07, 6.45) is 2.52. The van der Waals surface area contributed by atoms with Gasteiger partial charge in [0, 0.05) is 6.07 Å². The standard InChI is InChI=1S/C12H13NO2/c1-14-12-6-10(7-13)4-5-11(12)15-8-9-2-3-9/h4-6,9H,2-3,8H2,1H3. The molecular weight excluding hydrogens is 190 g/mol. The molecule has 0 saturated heterocycles. The van der Waals surface area contributed by atoms with Crippen molar-refractivity contribution in [2.45, 2.75) is 12.8 Å². The van der Waals surface area contributed by atoms with Gasteiger partial charge in [0.15, 0.2) is 11.5 Å². The summed E-state index contributed by atoms with van der Waals surface area (Å²) in [5.41, 5.74) is 0.589. The van der Waals surface area contributed by atoms with Crippen molar-refractivity contribution in [1.29, 1.82) is 5.26 Å². The minimum Gasteiger partial charge on any atom is -0.493 e. The van der Waals surface area contributed by atoms with Crippen LogP contribution in [0.4, 0.5) is 0 Å². The van der Waals surface area contributed by atoms with Crippen LogP contribution >= 0.6 is 0 Å². The fraction of sp³-hybridized carbons (Fsp3) is 0.417. The van der Waals surface area contributed by atoms with Gasteiger partial charge in [0.2, 0.25) is 0 Å². The molecule has 2 rings (SSSR count). The third-order valence-corrected chi connectivity index (χ3v) is 2.46. The van der Waals surface area contributed by atoms with Crippen molar-refractivity contribution in [1.82, 2.24) is 0 Å². The summed E-state index contributed by atoms with van der Waals surface area (Å²) in [6.45, 7) is 0.752. The second kappa shape index (κ2) is 4.22. The lowest BCUT2D eigenvalue weighted by Gasteiger charge is -2.09. The zero-order valence-electron chi connectivity index (χ0n) is 8.69. The lowest BCUT2D eigenvalue weighted by atomic mass is 10.2. The highest BCUT2D eigenvalue weighted by molar-refractivity contribution is 5.46. The fourth-order valence-electron chi connectivity index (χ4n) is 1.35. The molecule has 1 fully saturated rings. The van der Waals surface area contributed by atoms with E-state index in [9.17, 15) is 0 Å². The Balaban J connectivity index is 2.10. The van der Waals surface area contributed by atoms with Crippen molar-refractivity contribution >= 4 is 0 Å². The van der Waals surface area contributed by atoms with Gasteiger partial charge >= 0.3 is 0 Å². The smallest absolute Gasteiger partial charge is 0.162 e. The molecule has 0 bridgehead atoms. The van der Waals surface area contributed by atoms with Crippen LogP contribution < -0.4 is 9.47 Å². The molecule has 0 amide bonds. The first-order valence-electron chi connectivity index (χ1n) is 5.04. The largest absolute Gasteiger partial charge is 0.493 e. The van der Waals surface area contributed by atoms with Gasteiger partial charge in [-0.15, -0.1) is 0 Å². The van der Waals surface area contributed by atoms with Crippen molar-refractivity contribution < 1.29 is 9.47 Å². The number of benzene rings is 1. The first-order chi connectivity index (χ1) is 7.33. The highest BCUT2D eigenvalue weighted by Gasteiger charge is 2.22. The molecule has 0 aromatic heterocycles. The zero-order chi connectivity index (χ0) is 10.7. The Hall–Kier alpha value is -1.69. The molecule has 1 aromatic rings. The van der Waals surface area contributed by atoms with Crippen molar-refractivity contribution in [3.05, 3.63) is 23.8 Å². The lowest BCUT2D eigenvalue weighted by Crippen LogP contribution is -2.00. The molecule has 0 unspecified atom stereocenters. The summed E-state index contributed by atoms with van der Waals surface area (Å²) >= 11 is 0. The normalized spacial score (nSPS) is 14.4. The molecule has 1 aliphatic rings. The Morgan fingerprint density at radius 2 is 2.20 bits per heavy atom. The van der Waals surface area contributed by atoms with Gasteiger partial charge in [-0.05, 0) is 30.9 Å². The molecule has 78 valence electrons. The number of methoxy groups -OCH3 is 1. The maximum atomic E-state index is 8.73. The van der Waals surface area contributed by atoms with Gasteiger partial charge in [-0.25, -0.2) is 0 Å². The Labute approximate surface area is 89.2 Å². The number of nitrogens with zero attached hydrogens (tertiary/aromatic N) is 1. The molecule has 1 saturated carbocycles. The molecule has 3 nitrogen and oxygen atoms in total. The van der Waals surface area contributed by atoms with Crippen LogP contribution in [0.15, 0.2) is 18.2 Å². The van der Waals surface area contributed by atoms with Crippen LogP contribution in [0.5, 0.6) is 11.5 Å². The van der Waals surface area contributed by atoms with Gasteiger partial charge in [-0.3, -0.25) is 0 Å². The van der Waals surface area contributed by atoms with Crippen LogP contribution in [0.1, 0.15) is 18.4 Å². The molecule has 0 N–H and O–H groups in total. The molecule has 0 atom stereocenters. The van der Waals surface area contributed by atoms with Crippen LogP contribution in [0, 0.1) is 17.2 Å². The molecular formula is C12H13NO2. The van der Waals surface area contributed by atoms with E-state index >= 15 is 0 Å². The van der Waals surface area contributed by atoms with Gasteiger partial charge in [0.1, 0.15) is 0 Å². The van der Waals surface area contributed by atoms with Crippen LogP contribution in [0.3, 0.4) is 0 Å². The van der Waals surface area contributed by atoms with Gasteiger partial charge < -0.3 is 9.47 Å². The molecule has 0 spiro atoms. The summed E-state index contributed by atoms with van der Waals surface area (Å²) < 4.78 is 10.8. The predicted octanol–water partition coefficient (Wildman–Crippen LogP) is 2.36. The van der Waals surface area contributed by atoms with E-state index in [2.05, 4.69) is 6.07 Å².